The third-order valence-corrected chi connectivity index (χ3v) is 24.3. The van der Waals surface area contributed by atoms with Crippen LogP contribution in [0.4, 0.5) is 32.3 Å². The second-order valence-electron chi connectivity index (χ2n) is 20.6. The van der Waals surface area contributed by atoms with Crippen LogP contribution in [0.3, 0.4) is 0 Å². The number of nitrogens with one attached hydrogen (secondary N) is 1. The second kappa shape index (κ2) is 20.2. The molecule has 9 rings (SSSR count). The average Bonchev–Trinajstić information content (AvgIpc) is 3.38. The Morgan fingerprint density at radius 1 is 0.620 bits per heavy atom. The number of hydrogen-bond acceptors (Lipinski definition) is 8. The van der Waals surface area contributed by atoms with Crippen molar-refractivity contribution in [1.82, 2.24) is 9.97 Å². The lowest BCUT2D eigenvalue weighted by Crippen LogP contribution is -2.70. The van der Waals surface area contributed by atoms with Crippen molar-refractivity contribution in [2.45, 2.75) is 95.7 Å². The van der Waals surface area contributed by atoms with Gasteiger partial charge in [-0.15, -0.1) is 0 Å². The molecule has 1 fully saturated rings. The molecule has 10 nitrogen and oxygen atoms in total. The lowest BCUT2D eigenvalue weighted by atomic mass is 9.89. The van der Waals surface area contributed by atoms with Crippen molar-refractivity contribution in [2.75, 3.05) is 29.3 Å². The molecule has 13 heteroatoms. The number of benzene rings is 6. The maximum Gasteiger partial charge on any atom is 0.330 e. The number of nitrogens with zero attached hydrogens (tertiary/aromatic N) is 4. The molecule has 2 atom stereocenters. The van der Waals surface area contributed by atoms with E-state index in [-0.39, 0.29) is 46.6 Å². The molecule has 1 N–H and O–H groups in total. The Hall–Kier alpha value is -6.65. The third kappa shape index (κ3) is 9.63. The molecular formula is C58H64FN5O5Si2. The van der Waals surface area contributed by atoms with Crippen LogP contribution in [-0.2, 0) is 15.4 Å². The summed E-state index contributed by atoms with van der Waals surface area (Å²) in [7, 11) is -3.22. The first-order valence-electron chi connectivity index (χ1n) is 24.4. The van der Waals surface area contributed by atoms with E-state index in [1.807, 2.05) is 29.2 Å². The SMILES string of the molecule is COc1ccc(N2Cc3cnc(Nc4ccc(F)c(OC)c4)nc3N(C3CC(O[Si](c4ccccc4)(c4ccccc4)C(C)(C)C)CC(O[Si](c4ccccc4)(c4ccccc4)C(C)(C)C)C3)C2=O)cc1. The summed E-state index contributed by atoms with van der Waals surface area (Å²) in [6.45, 7) is 14.0. The number of urea groups is 1. The van der Waals surface area contributed by atoms with E-state index < -0.39 is 28.5 Å². The summed E-state index contributed by atoms with van der Waals surface area (Å²) in [6, 6.07) is 54.3. The fourth-order valence-corrected chi connectivity index (χ4v) is 20.3. The van der Waals surface area contributed by atoms with Gasteiger partial charge in [0, 0.05) is 35.2 Å². The minimum Gasteiger partial charge on any atom is -0.497 e. The van der Waals surface area contributed by atoms with Crippen molar-refractivity contribution < 1.29 is 27.5 Å². The molecule has 1 aliphatic heterocycles. The monoisotopic (exact) mass is 985 g/mol. The largest absolute Gasteiger partial charge is 0.497 e. The summed E-state index contributed by atoms with van der Waals surface area (Å²) in [5.74, 6) is 1.03. The highest BCUT2D eigenvalue weighted by atomic mass is 28.4. The van der Waals surface area contributed by atoms with E-state index in [0.29, 0.717) is 42.2 Å². The Kier molecular flexibility index (Phi) is 14.1. The summed E-state index contributed by atoms with van der Waals surface area (Å²) in [5, 5.41) is 7.35. The zero-order valence-corrected chi connectivity index (χ0v) is 43.9. The number of amides is 2. The molecule has 71 heavy (non-hydrogen) atoms. The standard InChI is InChI=1S/C58H64FN5O5Si2/c1-57(2,3)70(48-21-13-9-14-22-48,49-23-15-10-16-24-49)68-46-36-44(37-47(38-46)69-71(58(4,5)6,50-25-17-11-18-26-50)51-27-19-12-20-28-51)64-54-41(40-63(56(64)65)43-30-32-45(66-7)33-31-43)39-60-55(62-54)61-42-29-34-52(59)53(35-42)67-8/h9-35,39,44,46-47H,36-38,40H2,1-8H3,(H,60,61,62). The third-order valence-electron chi connectivity index (χ3n) is 14.1. The van der Waals surface area contributed by atoms with Gasteiger partial charge in [0.15, 0.2) is 11.6 Å². The topological polar surface area (TPSA) is 98.3 Å². The number of fused-ring (bicyclic) bond motifs is 1. The van der Waals surface area contributed by atoms with Gasteiger partial charge in [-0.05, 0) is 86.5 Å². The number of ether oxygens (including phenoxy) is 2. The number of methoxy groups -OCH3 is 2. The predicted molar refractivity (Wildman–Crippen MR) is 288 cm³/mol. The van der Waals surface area contributed by atoms with Gasteiger partial charge in [-0.2, -0.15) is 4.98 Å². The Morgan fingerprint density at radius 3 is 1.54 bits per heavy atom. The van der Waals surface area contributed by atoms with Crippen molar-refractivity contribution in [3.63, 3.8) is 0 Å². The highest BCUT2D eigenvalue weighted by molar-refractivity contribution is 7.00. The number of hydrogen-bond donors (Lipinski definition) is 1. The number of anilines is 4. The fourth-order valence-electron chi connectivity index (χ4n) is 10.9. The number of halogens is 1. The molecule has 2 amide bonds. The number of carbonyl (C=O) groups is 1. The summed E-state index contributed by atoms with van der Waals surface area (Å²) in [5.41, 5.74) is 2.01. The molecule has 0 spiro atoms. The van der Waals surface area contributed by atoms with Crippen LogP contribution < -0.4 is 45.3 Å². The summed E-state index contributed by atoms with van der Waals surface area (Å²) < 4.78 is 41.6. The van der Waals surface area contributed by atoms with Crippen LogP contribution in [0.5, 0.6) is 11.5 Å². The lowest BCUT2D eigenvalue weighted by molar-refractivity contribution is 0.0473. The van der Waals surface area contributed by atoms with E-state index in [9.17, 15) is 4.39 Å². The van der Waals surface area contributed by atoms with Gasteiger partial charge in [0.25, 0.3) is 16.6 Å². The van der Waals surface area contributed by atoms with Gasteiger partial charge in [-0.1, -0.05) is 163 Å². The van der Waals surface area contributed by atoms with E-state index in [2.05, 4.69) is 168 Å². The second-order valence-corrected chi connectivity index (χ2v) is 29.1. The number of carbonyl (C=O) groups excluding carboxylic acids is 1. The summed E-state index contributed by atoms with van der Waals surface area (Å²) >= 11 is 0. The van der Waals surface area contributed by atoms with Gasteiger partial charge in [0.1, 0.15) is 11.6 Å². The predicted octanol–water partition coefficient (Wildman–Crippen LogP) is 10.8. The minimum atomic E-state index is -3.14. The highest BCUT2D eigenvalue weighted by Gasteiger charge is 2.56. The molecular weight excluding hydrogens is 922 g/mol. The summed E-state index contributed by atoms with van der Waals surface area (Å²) in [4.78, 5) is 29.3. The first-order chi connectivity index (χ1) is 34.1. The number of rotatable bonds is 14. The maximum absolute atomic E-state index is 15.7. The molecule has 2 unspecified atom stereocenters. The van der Waals surface area contributed by atoms with Crippen LogP contribution in [0.15, 0.2) is 170 Å². The Bertz CT molecular complexity index is 2730. The van der Waals surface area contributed by atoms with Gasteiger partial charge in [-0.25, -0.2) is 14.2 Å². The Labute approximate surface area is 420 Å². The van der Waals surface area contributed by atoms with Gasteiger partial charge in [0.05, 0.1) is 33.0 Å². The van der Waals surface area contributed by atoms with Crippen molar-refractivity contribution in [2.24, 2.45) is 0 Å². The lowest BCUT2D eigenvalue weighted by Gasteiger charge is -2.51. The van der Waals surface area contributed by atoms with Crippen molar-refractivity contribution >= 4 is 66.6 Å². The van der Waals surface area contributed by atoms with E-state index in [1.54, 1.807) is 30.3 Å². The van der Waals surface area contributed by atoms with Crippen molar-refractivity contribution in [3.8, 4) is 11.5 Å². The summed E-state index contributed by atoms with van der Waals surface area (Å²) in [6.07, 6.45) is 2.68. The molecule has 366 valence electrons. The zero-order chi connectivity index (χ0) is 50.0. The van der Waals surface area contributed by atoms with Gasteiger partial charge in [0.2, 0.25) is 5.95 Å². The Morgan fingerprint density at radius 2 is 1.10 bits per heavy atom. The molecule has 0 radical (unpaired) electrons. The van der Waals surface area contributed by atoms with Gasteiger partial charge in [-0.3, -0.25) is 9.80 Å². The number of aromatic nitrogens is 2. The van der Waals surface area contributed by atoms with E-state index >= 15 is 4.79 Å². The zero-order valence-electron chi connectivity index (χ0n) is 41.9. The van der Waals surface area contributed by atoms with Crippen LogP contribution >= 0.6 is 0 Å². The van der Waals surface area contributed by atoms with E-state index in [1.165, 1.54) is 33.9 Å². The maximum atomic E-state index is 15.7. The van der Waals surface area contributed by atoms with E-state index in [4.69, 9.17) is 28.3 Å². The fraction of sp³-hybridized carbons (Fsp3) is 0.293. The van der Waals surface area contributed by atoms with Gasteiger partial charge < -0.3 is 23.6 Å². The molecule has 7 aromatic rings. The smallest absolute Gasteiger partial charge is 0.330 e. The average molecular weight is 986 g/mol. The van der Waals surface area contributed by atoms with Crippen molar-refractivity contribution in [1.29, 1.82) is 0 Å². The molecule has 2 aliphatic rings. The quantitative estimate of drug-likeness (QED) is 0.108. The molecule has 0 saturated heterocycles. The van der Waals surface area contributed by atoms with Gasteiger partial charge >= 0.3 is 6.03 Å². The first-order valence-corrected chi connectivity index (χ1v) is 28.3. The first kappa shape index (κ1) is 49.3. The van der Waals surface area contributed by atoms with Crippen LogP contribution in [0.25, 0.3) is 0 Å². The highest BCUT2D eigenvalue weighted by Crippen LogP contribution is 2.45. The van der Waals surface area contributed by atoms with E-state index in [0.717, 1.165) is 5.56 Å². The van der Waals surface area contributed by atoms with Crippen LogP contribution in [-0.4, -0.2) is 65.1 Å². The molecule has 1 saturated carbocycles. The molecule has 1 aromatic heterocycles. The minimum absolute atomic E-state index is 0.0842. The normalized spacial score (nSPS) is 17.6. The van der Waals surface area contributed by atoms with Crippen LogP contribution in [0.2, 0.25) is 10.1 Å². The van der Waals surface area contributed by atoms with Crippen molar-refractivity contribution in [3.05, 3.63) is 181 Å². The Balaban J connectivity index is 1.22. The molecule has 6 aromatic carbocycles. The van der Waals surface area contributed by atoms with Crippen LogP contribution in [0.1, 0.15) is 66.4 Å². The molecule has 0 bridgehead atoms. The molecule has 1 aliphatic carbocycles. The van der Waals surface area contributed by atoms with Crippen LogP contribution in [0, 0.1) is 5.82 Å². The molecule has 2 heterocycles.